The number of nitrogens with one attached hydrogen (secondary N) is 1. The molecule has 0 spiro atoms. The number of hydrogen-bond donors (Lipinski definition) is 2. The summed E-state index contributed by atoms with van der Waals surface area (Å²) in [7, 11) is 0. The first-order valence-corrected chi connectivity index (χ1v) is 9.63. The minimum Gasteiger partial charge on any atom is -0.478 e. The number of aromatic amines is 1. The van der Waals surface area contributed by atoms with Gasteiger partial charge in [-0.25, -0.2) is 4.79 Å². The average Bonchev–Trinajstić information content (AvgIpc) is 3.29. The number of aromatic nitrogens is 2. The van der Waals surface area contributed by atoms with Gasteiger partial charge in [0.1, 0.15) is 11.5 Å². The molecule has 0 radical (unpaired) electrons. The third-order valence-electron chi connectivity index (χ3n) is 4.66. The van der Waals surface area contributed by atoms with Gasteiger partial charge in [-0.2, -0.15) is 0 Å². The van der Waals surface area contributed by atoms with Crippen molar-refractivity contribution >= 4 is 17.6 Å². The fourth-order valence-corrected chi connectivity index (χ4v) is 3.10. The molecule has 0 atom stereocenters. The Morgan fingerprint density at radius 1 is 1.00 bits per heavy atom. The van der Waals surface area contributed by atoms with Gasteiger partial charge in [0.2, 0.25) is 0 Å². The number of H-pyrrole nitrogens is 1. The predicted molar refractivity (Wildman–Crippen MR) is 117 cm³/mol. The van der Waals surface area contributed by atoms with E-state index in [0.717, 1.165) is 5.56 Å². The van der Waals surface area contributed by atoms with Crippen LogP contribution in [0.3, 0.4) is 0 Å². The quantitative estimate of drug-likeness (QED) is 0.398. The first-order chi connectivity index (χ1) is 15.4. The van der Waals surface area contributed by atoms with Gasteiger partial charge in [-0.15, -0.1) is 5.12 Å². The van der Waals surface area contributed by atoms with Crippen molar-refractivity contribution in [3.63, 3.8) is 0 Å². The van der Waals surface area contributed by atoms with Crippen molar-refractivity contribution in [1.29, 1.82) is 0 Å². The Hall–Kier alpha value is -4.46. The van der Waals surface area contributed by atoms with Crippen molar-refractivity contribution in [2.45, 2.75) is 6.92 Å². The summed E-state index contributed by atoms with van der Waals surface area (Å²) in [5.74, 6) is -1.11. The zero-order chi connectivity index (χ0) is 22.7. The molecule has 0 unspecified atom stereocenters. The number of carbonyl (C=O) groups is 2. The highest BCUT2D eigenvalue weighted by atomic mass is 19.2. The Morgan fingerprint density at radius 2 is 1.78 bits per heavy atom. The molecule has 4 aromatic rings. The molecule has 32 heavy (non-hydrogen) atoms. The van der Waals surface area contributed by atoms with Crippen LogP contribution in [0.4, 0.5) is 10.2 Å². The minimum atomic E-state index is -1.05. The van der Waals surface area contributed by atoms with E-state index in [4.69, 9.17) is 9.84 Å². The van der Waals surface area contributed by atoms with Gasteiger partial charge < -0.3 is 14.8 Å². The summed E-state index contributed by atoms with van der Waals surface area (Å²) in [6, 6.07) is 17.5. The highest BCUT2D eigenvalue weighted by Gasteiger charge is 2.18. The summed E-state index contributed by atoms with van der Waals surface area (Å²) < 4.78 is 20.5. The monoisotopic (exact) mass is 431 g/mol. The number of anilines is 1. The number of carboxylic acids is 1. The maximum Gasteiger partial charge on any atom is 0.337 e. The molecule has 8 heteroatoms. The molecule has 0 saturated heterocycles. The van der Waals surface area contributed by atoms with Gasteiger partial charge in [0.25, 0.3) is 5.91 Å². The van der Waals surface area contributed by atoms with Gasteiger partial charge >= 0.3 is 5.97 Å². The number of nitrogens with zero attached hydrogens (tertiary/aromatic N) is 2. The topological polar surface area (TPSA) is 95.5 Å². The highest BCUT2D eigenvalue weighted by Crippen LogP contribution is 2.27. The molecule has 0 fully saturated rings. The molecule has 0 saturated carbocycles. The lowest BCUT2D eigenvalue weighted by atomic mass is 10.1. The number of aryl methyl sites for hydroxylation is 1. The number of benzene rings is 2. The van der Waals surface area contributed by atoms with E-state index in [-0.39, 0.29) is 21.9 Å². The van der Waals surface area contributed by atoms with E-state index in [1.165, 1.54) is 36.7 Å². The van der Waals surface area contributed by atoms with Gasteiger partial charge in [-0.3, -0.25) is 9.78 Å². The molecule has 1 amide bonds. The van der Waals surface area contributed by atoms with Gasteiger partial charge in [0.15, 0.2) is 0 Å². The van der Waals surface area contributed by atoms with E-state index in [0.29, 0.717) is 22.9 Å². The highest BCUT2D eigenvalue weighted by molar-refractivity contribution is 6.04. The third-order valence-corrected chi connectivity index (χ3v) is 4.66. The number of ether oxygens (including phenoxy) is 1. The fourth-order valence-electron chi connectivity index (χ4n) is 3.10. The van der Waals surface area contributed by atoms with Crippen molar-refractivity contribution < 1.29 is 23.9 Å². The van der Waals surface area contributed by atoms with Crippen LogP contribution in [0.1, 0.15) is 26.3 Å². The Bertz CT molecular complexity index is 1300. The minimum absolute atomic E-state index is 0.0991. The molecular formula is C24H18FN3O4. The maximum atomic E-state index is 14.6. The number of carbonyl (C=O) groups excluding carboxylic acids is 1. The summed E-state index contributed by atoms with van der Waals surface area (Å²) in [6.07, 6.45) is 2.89. The van der Waals surface area contributed by atoms with Crippen LogP contribution in [0.2, 0.25) is 0 Å². The number of pyridine rings is 1. The van der Waals surface area contributed by atoms with E-state index in [1.807, 2.05) is 13.0 Å². The zero-order valence-corrected chi connectivity index (χ0v) is 16.9. The average molecular weight is 431 g/mol. The number of halogens is 1. The second-order valence-electron chi connectivity index (χ2n) is 7.04. The first-order valence-electron chi connectivity index (χ1n) is 9.63. The van der Waals surface area contributed by atoms with Crippen molar-refractivity contribution in [2.24, 2.45) is 0 Å². The summed E-state index contributed by atoms with van der Waals surface area (Å²) in [4.78, 5) is 30.7. The smallest absolute Gasteiger partial charge is 0.337 e. The SMILES string of the molecule is Cc1cccc(N(F)C(=O)c2cccc(Oc3ccnc(-c4cc(C(=O)O)c[nH]4)c3)c2)c1. The summed E-state index contributed by atoms with van der Waals surface area (Å²) in [5, 5.41) is 9.17. The Labute approximate surface area is 182 Å². The largest absolute Gasteiger partial charge is 0.478 e. The van der Waals surface area contributed by atoms with Crippen LogP contribution in [0.25, 0.3) is 11.4 Å². The van der Waals surface area contributed by atoms with E-state index in [2.05, 4.69) is 9.97 Å². The lowest BCUT2D eigenvalue weighted by molar-refractivity contribution is 0.0697. The first kappa shape index (κ1) is 20.8. The molecule has 4 rings (SSSR count). The fraction of sp³-hybridized carbons (Fsp3) is 0.0417. The van der Waals surface area contributed by atoms with Crippen LogP contribution >= 0.6 is 0 Å². The maximum absolute atomic E-state index is 14.6. The summed E-state index contributed by atoms with van der Waals surface area (Å²) in [6.45, 7) is 1.81. The van der Waals surface area contributed by atoms with Crippen LogP contribution in [-0.4, -0.2) is 27.0 Å². The number of aromatic carboxylic acids is 1. The van der Waals surface area contributed by atoms with Crippen molar-refractivity contribution in [3.05, 3.63) is 95.8 Å². The van der Waals surface area contributed by atoms with Crippen LogP contribution in [-0.2, 0) is 0 Å². The van der Waals surface area contributed by atoms with E-state index >= 15 is 0 Å². The standard InChI is InChI=1S/C24H18FN3O4/c1-15-4-2-6-18(10-15)28(25)23(29)16-5-3-7-19(11-16)32-20-8-9-26-22(13-20)21-12-17(14-27-21)24(30)31/h2-14,27H,1H3,(H,30,31). The van der Waals surface area contributed by atoms with E-state index in [9.17, 15) is 14.1 Å². The number of amides is 1. The lowest BCUT2D eigenvalue weighted by Crippen LogP contribution is -2.21. The zero-order valence-electron chi connectivity index (χ0n) is 16.9. The summed E-state index contributed by atoms with van der Waals surface area (Å²) >= 11 is 0. The van der Waals surface area contributed by atoms with Gasteiger partial charge in [0.05, 0.1) is 22.6 Å². The number of carboxylic acid groups (broad SMARTS) is 1. The Morgan fingerprint density at radius 3 is 2.53 bits per heavy atom. The van der Waals surface area contributed by atoms with Gasteiger partial charge in [0, 0.05) is 24.0 Å². The third kappa shape index (κ3) is 4.49. The lowest BCUT2D eigenvalue weighted by Gasteiger charge is -2.13. The van der Waals surface area contributed by atoms with Crippen LogP contribution < -0.4 is 9.86 Å². The molecule has 2 aromatic heterocycles. The molecule has 0 aliphatic heterocycles. The molecule has 2 heterocycles. The molecule has 7 nitrogen and oxygen atoms in total. The van der Waals surface area contributed by atoms with Gasteiger partial charge in [-0.05, 0) is 55.0 Å². The van der Waals surface area contributed by atoms with Crippen LogP contribution in [0, 0.1) is 6.92 Å². The normalized spacial score (nSPS) is 10.6. The Balaban J connectivity index is 1.54. The predicted octanol–water partition coefficient (Wildman–Crippen LogP) is 5.41. The summed E-state index contributed by atoms with van der Waals surface area (Å²) in [5.41, 5.74) is 2.22. The second-order valence-corrected chi connectivity index (χ2v) is 7.04. The van der Waals surface area contributed by atoms with Crippen molar-refractivity contribution in [1.82, 2.24) is 9.97 Å². The molecular weight excluding hydrogens is 413 g/mol. The number of rotatable bonds is 6. The molecule has 0 aliphatic rings. The van der Waals surface area contributed by atoms with Crippen LogP contribution in [0.15, 0.2) is 79.1 Å². The van der Waals surface area contributed by atoms with E-state index < -0.39 is 11.9 Å². The van der Waals surface area contributed by atoms with Crippen LogP contribution in [0.5, 0.6) is 11.5 Å². The van der Waals surface area contributed by atoms with Gasteiger partial charge in [-0.1, -0.05) is 22.7 Å². The van der Waals surface area contributed by atoms with Crippen molar-refractivity contribution in [3.8, 4) is 22.9 Å². The van der Waals surface area contributed by atoms with Crippen molar-refractivity contribution in [2.75, 3.05) is 5.12 Å². The molecule has 2 N–H and O–H groups in total. The molecule has 0 aliphatic carbocycles. The molecule has 0 bridgehead atoms. The van der Waals surface area contributed by atoms with E-state index in [1.54, 1.807) is 36.4 Å². The molecule has 2 aromatic carbocycles. The molecule has 160 valence electrons. The Kier molecular flexibility index (Phi) is 5.67. The number of hydrogen-bond acceptors (Lipinski definition) is 4. The second kappa shape index (κ2) is 8.73.